The molecule has 0 aromatic heterocycles. The topological polar surface area (TPSA) is 15.3 Å². The molecule has 1 aliphatic carbocycles. The van der Waals surface area contributed by atoms with E-state index in [1.54, 1.807) is 4.90 Å². The maximum absolute atomic E-state index is 12.7. The molecule has 0 saturated heterocycles. The number of halogens is 3. The summed E-state index contributed by atoms with van der Waals surface area (Å²) in [6.07, 6.45) is -0.953. The van der Waals surface area contributed by atoms with Crippen LogP contribution in [0.2, 0.25) is 0 Å². The van der Waals surface area contributed by atoms with Gasteiger partial charge in [0.05, 0.1) is 6.54 Å². The number of hydrogen-bond acceptors (Lipinski definition) is 2. The van der Waals surface area contributed by atoms with Crippen LogP contribution in [0.4, 0.5) is 13.2 Å². The maximum atomic E-state index is 12.7. The highest BCUT2D eigenvalue weighted by Gasteiger charge is 2.38. The van der Waals surface area contributed by atoms with Crippen molar-refractivity contribution in [3.05, 3.63) is 0 Å². The van der Waals surface area contributed by atoms with Crippen molar-refractivity contribution >= 4 is 0 Å². The largest absolute Gasteiger partial charge is 0.401 e. The Morgan fingerprint density at radius 1 is 1.30 bits per heavy atom. The Morgan fingerprint density at radius 2 is 1.90 bits per heavy atom. The van der Waals surface area contributed by atoms with E-state index in [2.05, 4.69) is 19.2 Å². The molecule has 120 valence electrons. The van der Waals surface area contributed by atoms with Gasteiger partial charge in [-0.3, -0.25) is 4.90 Å². The van der Waals surface area contributed by atoms with E-state index in [1.165, 1.54) is 0 Å². The van der Waals surface area contributed by atoms with Gasteiger partial charge >= 0.3 is 6.18 Å². The standard InChI is InChI=1S/C15H29F3N2/c1-11(2)20(10-15(16,17)18)9-12-8-14(3,4)7-6-13(12)19-5/h11-13,19H,6-10H2,1-5H3. The zero-order valence-electron chi connectivity index (χ0n) is 13.3. The van der Waals surface area contributed by atoms with Crippen LogP contribution in [0.25, 0.3) is 0 Å². The number of nitrogens with zero attached hydrogens (tertiary/aromatic N) is 1. The van der Waals surface area contributed by atoms with Crippen molar-refractivity contribution in [2.24, 2.45) is 11.3 Å². The molecule has 0 amide bonds. The van der Waals surface area contributed by atoms with Gasteiger partial charge in [0, 0.05) is 18.6 Å². The summed E-state index contributed by atoms with van der Waals surface area (Å²) in [6.45, 7) is 7.83. The third kappa shape index (κ3) is 5.60. The van der Waals surface area contributed by atoms with Gasteiger partial charge in [0.15, 0.2) is 0 Å². The average molecular weight is 294 g/mol. The average Bonchev–Trinajstić information content (AvgIpc) is 2.25. The molecule has 2 atom stereocenters. The first-order valence-corrected chi connectivity index (χ1v) is 7.52. The van der Waals surface area contributed by atoms with Crippen molar-refractivity contribution in [2.75, 3.05) is 20.1 Å². The van der Waals surface area contributed by atoms with Gasteiger partial charge in [-0.15, -0.1) is 0 Å². The lowest BCUT2D eigenvalue weighted by molar-refractivity contribution is -0.152. The number of alkyl halides is 3. The molecular weight excluding hydrogens is 265 g/mol. The van der Waals surface area contributed by atoms with Gasteiger partial charge in [-0.25, -0.2) is 0 Å². The predicted octanol–water partition coefficient (Wildman–Crippen LogP) is 3.67. The quantitative estimate of drug-likeness (QED) is 0.832. The van der Waals surface area contributed by atoms with Gasteiger partial charge in [-0.05, 0) is 51.5 Å². The van der Waals surface area contributed by atoms with Crippen molar-refractivity contribution in [2.45, 2.75) is 65.2 Å². The van der Waals surface area contributed by atoms with E-state index in [0.717, 1.165) is 19.3 Å². The highest BCUT2D eigenvalue weighted by molar-refractivity contribution is 4.90. The van der Waals surface area contributed by atoms with Crippen LogP contribution in [0.5, 0.6) is 0 Å². The van der Waals surface area contributed by atoms with Gasteiger partial charge in [0.25, 0.3) is 0 Å². The summed E-state index contributed by atoms with van der Waals surface area (Å²) < 4.78 is 38.1. The summed E-state index contributed by atoms with van der Waals surface area (Å²) >= 11 is 0. The molecule has 1 saturated carbocycles. The zero-order chi connectivity index (χ0) is 15.6. The highest BCUT2D eigenvalue weighted by Crippen LogP contribution is 2.39. The summed E-state index contributed by atoms with van der Waals surface area (Å²) in [6, 6.07) is 0.247. The first-order valence-electron chi connectivity index (χ1n) is 7.52. The minimum atomic E-state index is -4.12. The maximum Gasteiger partial charge on any atom is 0.401 e. The number of rotatable bonds is 5. The van der Waals surface area contributed by atoms with Crippen LogP contribution in [0, 0.1) is 11.3 Å². The zero-order valence-corrected chi connectivity index (χ0v) is 13.3. The lowest BCUT2D eigenvalue weighted by Gasteiger charge is -2.43. The fourth-order valence-corrected chi connectivity index (χ4v) is 3.30. The van der Waals surface area contributed by atoms with Gasteiger partial charge in [-0.2, -0.15) is 13.2 Å². The van der Waals surface area contributed by atoms with Crippen LogP contribution in [-0.2, 0) is 0 Å². The lowest BCUT2D eigenvalue weighted by Crippen LogP contribution is -2.49. The Balaban J connectivity index is 2.73. The van der Waals surface area contributed by atoms with Crippen LogP contribution < -0.4 is 5.32 Å². The van der Waals surface area contributed by atoms with E-state index in [1.807, 2.05) is 20.9 Å². The molecule has 2 nitrogen and oxygen atoms in total. The fourth-order valence-electron chi connectivity index (χ4n) is 3.30. The Labute approximate surface area is 121 Å². The van der Waals surface area contributed by atoms with Crippen LogP contribution in [0.15, 0.2) is 0 Å². The SMILES string of the molecule is CNC1CCC(C)(C)CC1CN(CC(F)(F)F)C(C)C. The second kappa shape index (κ2) is 6.65. The summed E-state index contributed by atoms with van der Waals surface area (Å²) in [7, 11) is 1.92. The molecule has 1 aliphatic rings. The Kier molecular flexibility index (Phi) is 5.90. The van der Waals surface area contributed by atoms with Gasteiger partial charge in [0.1, 0.15) is 0 Å². The minimum Gasteiger partial charge on any atom is -0.317 e. The van der Waals surface area contributed by atoms with E-state index < -0.39 is 12.7 Å². The third-order valence-electron chi connectivity index (χ3n) is 4.47. The van der Waals surface area contributed by atoms with E-state index in [0.29, 0.717) is 12.6 Å². The van der Waals surface area contributed by atoms with E-state index in [-0.39, 0.29) is 17.4 Å². The van der Waals surface area contributed by atoms with E-state index in [9.17, 15) is 13.2 Å². The first kappa shape index (κ1) is 17.8. The van der Waals surface area contributed by atoms with Crippen LogP contribution in [0.1, 0.15) is 47.0 Å². The van der Waals surface area contributed by atoms with Crippen LogP contribution in [-0.4, -0.2) is 43.3 Å². The fraction of sp³-hybridized carbons (Fsp3) is 1.00. The van der Waals surface area contributed by atoms with Crippen LogP contribution in [0.3, 0.4) is 0 Å². The number of nitrogens with one attached hydrogen (secondary N) is 1. The molecule has 1 N–H and O–H groups in total. The van der Waals surface area contributed by atoms with Crippen molar-refractivity contribution in [3.8, 4) is 0 Å². The molecule has 2 unspecified atom stereocenters. The molecular formula is C15H29F3N2. The second-order valence-corrected chi connectivity index (χ2v) is 7.20. The first-order chi connectivity index (χ1) is 9.04. The molecule has 0 aliphatic heterocycles. The van der Waals surface area contributed by atoms with Crippen molar-refractivity contribution in [1.29, 1.82) is 0 Å². The van der Waals surface area contributed by atoms with Gasteiger partial charge in [-0.1, -0.05) is 13.8 Å². The normalized spacial score (nSPS) is 27.3. The van der Waals surface area contributed by atoms with Crippen LogP contribution >= 0.6 is 0 Å². The predicted molar refractivity (Wildman–Crippen MR) is 76.7 cm³/mol. The molecule has 5 heteroatoms. The molecule has 0 aromatic carbocycles. The molecule has 20 heavy (non-hydrogen) atoms. The molecule has 0 aromatic rings. The monoisotopic (exact) mass is 294 g/mol. The molecule has 1 fully saturated rings. The van der Waals surface area contributed by atoms with E-state index in [4.69, 9.17) is 0 Å². The Hall–Kier alpha value is -0.290. The highest BCUT2D eigenvalue weighted by atomic mass is 19.4. The number of hydrogen-bond donors (Lipinski definition) is 1. The summed E-state index contributed by atoms with van der Waals surface area (Å²) in [5, 5.41) is 3.29. The molecule has 0 radical (unpaired) electrons. The van der Waals surface area contributed by atoms with E-state index >= 15 is 0 Å². The van der Waals surface area contributed by atoms with Crippen molar-refractivity contribution < 1.29 is 13.2 Å². The summed E-state index contributed by atoms with van der Waals surface area (Å²) in [4.78, 5) is 1.57. The summed E-state index contributed by atoms with van der Waals surface area (Å²) in [5.41, 5.74) is 0.235. The Morgan fingerprint density at radius 3 is 2.35 bits per heavy atom. The minimum absolute atomic E-state index is 0.0841. The lowest BCUT2D eigenvalue weighted by atomic mass is 9.69. The second-order valence-electron chi connectivity index (χ2n) is 7.20. The van der Waals surface area contributed by atoms with Crippen molar-refractivity contribution in [1.82, 2.24) is 10.2 Å². The molecule has 0 heterocycles. The third-order valence-corrected chi connectivity index (χ3v) is 4.47. The molecule has 0 spiro atoms. The van der Waals surface area contributed by atoms with Gasteiger partial charge in [0.2, 0.25) is 0 Å². The van der Waals surface area contributed by atoms with Gasteiger partial charge < -0.3 is 5.32 Å². The Bertz CT molecular complexity index is 300. The van der Waals surface area contributed by atoms with Crippen molar-refractivity contribution in [3.63, 3.8) is 0 Å². The molecule has 1 rings (SSSR count). The summed E-state index contributed by atoms with van der Waals surface area (Å²) in [5.74, 6) is 0.286. The molecule has 0 bridgehead atoms. The smallest absolute Gasteiger partial charge is 0.317 e.